The molecule has 0 radical (unpaired) electrons. The fourth-order valence-electron chi connectivity index (χ4n) is 1.66. The van der Waals surface area contributed by atoms with Crippen LogP contribution in [0.1, 0.15) is 30.6 Å². The van der Waals surface area contributed by atoms with Crippen LogP contribution in [0.4, 0.5) is 0 Å². The van der Waals surface area contributed by atoms with Crippen LogP contribution in [0.25, 0.3) is 0 Å². The number of carbonyl (C=O) groups is 1. The van der Waals surface area contributed by atoms with E-state index in [2.05, 4.69) is 0 Å². The first-order valence-corrected chi connectivity index (χ1v) is 8.07. The summed E-state index contributed by atoms with van der Waals surface area (Å²) in [5.41, 5.74) is -1.49. The third kappa shape index (κ3) is 4.59. The summed E-state index contributed by atoms with van der Waals surface area (Å²) in [6.45, 7) is 2.97. The van der Waals surface area contributed by atoms with E-state index in [9.17, 15) is 18.3 Å². The number of carboxylic acid groups (broad SMARTS) is 1. The van der Waals surface area contributed by atoms with Crippen LogP contribution in [0.15, 0.2) is 17.0 Å². The Morgan fingerprint density at radius 2 is 1.95 bits per heavy atom. The minimum Gasteiger partial charge on any atom is -0.494 e. The Balaban J connectivity index is 3.38. The summed E-state index contributed by atoms with van der Waals surface area (Å²) < 4.78 is 29.6. The molecule has 6 nitrogen and oxygen atoms in total. The SMILES string of the molecule is COc1c(C(=O)O)cc(Cl)cc1S(=O)(=O)CCC(C)(C)O. The standard InChI is InChI=1S/C13H17ClO6S/c1-13(2,17)4-5-21(18,19)10-7-8(14)6-9(12(15)16)11(10)20-3/h6-7,17H,4-5H2,1-3H3,(H,15,16). The second kappa shape index (κ2) is 6.21. The molecule has 0 saturated carbocycles. The molecule has 0 aliphatic carbocycles. The maximum Gasteiger partial charge on any atom is 0.339 e. The number of sulfone groups is 1. The minimum absolute atomic E-state index is 0.00654. The molecule has 2 N–H and O–H groups in total. The van der Waals surface area contributed by atoms with Crippen molar-refractivity contribution < 1.29 is 28.2 Å². The van der Waals surface area contributed by atoms with Crippen LogP contribution in [0.2, 0.25) is 5.02 Å². The zero-order valence-electron chi connectivity index (χ0n) is 11.9. The molecule has 0 saturated heterocycles. The number of rotatable bonds is 6. The van der Waals surface area contributed by atoms with E-state index >= 15 is 0 Å². The Bertz CT molecular complexity index is 645. The molecule has 0 aliphatic heterocycles. The molecule has 0 aromatic heterocycles. The molecule has 118 valence electrons. The van der Waals surface area contributed by atoms with Gasteiger partial charge in [-0.05, 0) is 32.4 Å². The lowest BCUT2D eigenvalue weighted by molar-refractivity contribution is 0.0691. The maximum absolute atomic E-state index is 12.3. The molecule has 0 unspecified atom stereocenters. The molecule has 21 heavy (non-hydrogen) atoms. The highest BCUT2D eigenvalue weighted by Gasteiger charge is 2.27. The van der Waals surface area contributed by atoms with Gasteiger partial charge in [-0.25, -0.2) is 13.2 Å². The van der Waals surface area contributed by atoms with Gasteiger partial charge in [0, 0.05) is 5.02 Å². The van der Waals surface area contributed by atoms with E-state index < -0.39 is 21.4 Å². The zero-order chi connectivity index (χ0) is 16.4. The lowest BCUT2D eigenvalue weighted by atomic mass is 10.1. The maximum atomic E-state index is 12.3. The molecular weight excluding hydrogens is 320 g/mol. The number of aliphatic hydroxyl groups is 1. The molecule has 0 aliphatic rings. The number of halogens is 1. The summed E-state index contributed by atoms with van der Waals surface area (Å²) in [4.78, 5) is 10.9. The van der Waals surface area contributed by atoms with Gasteiger partial charge in [0.05, 0.1) is 18.5 Å². The first-order chi connectivity index (χ1) is 9.48. The van der Waals surface area contributed by atoms with E-state index in [0.717, 1.165) is 12.1 Å². The summed E-state index contributed by atoms with van der Waals surface area (Å²) in [6.07, 6.45) is -0.00654. The van der Waals surface area contributed by atoms with Gasteiger partial charge in [0.15, 0.2) is 15.6 Å². The zero-order valence-corrected chi connectivity index (χ0v) is 13.5. The first kappa shape index (κ1) is 17.7. The van der Waals surface area contributed by atoms with Crippen molar-refractivity contribution in [1.29, 1.82) is 0 Å². The number of ether oxygens (including phenoxy) is 1. The molecule has 0 fully saturated rings. The Kier molecular flexibility index (Phi) is 5.25. The molecule has 1 aromatic carbocycles. The van der Waals surface area contributed by atoms with Crippen LogP contribution < -0.4 is 4.74 Å². The van der Waals surface area contributed by atoms with E-state index in [1.807, 2.05) is 0 Å². The van der Waals surface area contributed by atoms with Crippen LogP contribution in [0, 0.1) is 0 Å². The number of methoxy groups -OCH3 is 1. The highest BCUT2D eigenvalue weighted by atomic mass is 35.5. The Hall–Kier alpha value is -1.31. The Labute approximate surface area is 128 Å². The van der Waals surface area contributed by atoms with Gasteiger partial charge in [-0.2, -0.15) is 0 Å². The third-order valence-corrected chi connectivity index (χ3v) is 4.70. The highest BCUT2D eigenvalue weighted by molar-refractivity contribution is 7.91. The molecule has 0 atom stereocenters. The number of hydrogen-bond donors (Lipinski definition) is 2. The summed E-state index contributed by atoms with van der Waals surface area (Å²) in [5, 5.41) is 18.7. The third-order valence-electron chi connectivity index (χ3n) is 2.77. The minimum atomic E-state index is -3.85. The number of aromatic carboxylic acids is 1. The molecule has 0 bridgehead atoms. The smallest absolute Gasteiger partial charge is 0.339 e. The van der Waals surface area contributed by atoms with Gasteiger partial charge in [0.1, 0.15) is 10.5 Å². The van der Waals surface area contributed by atoms with Crippen molar-refractivity contribution in [3.63, 3.8) is 0 Å². The average molecular weight is 337 g/mol. The van der Waals surface area contributed by atoms with Crippen molar-refractivity contribution in [3.8, 4) is 5.75 Å². The van der Waals surface area contributed by atoms with Gasteiger partial charge < -0.3 is 14.9 Å². The van der Waals surface area contributed by atoms with Crippen LogP contribution in [0.5, 0.6) is 5.75 Å². The molecule has 1 aromatic rings. The van der Waals surface area contributed by atoms with Crippen LogP contribution in [0.3, 0.4) is 0 Å². The average Bonchev–Trinajstić information content (AvgIpc) is 2.34. The topological polar surface area (TPSA) is 101 Å². The number of hydrogen-bond acceptors (Lipinski definition) is 5. The molecule has 0 amide bonds. The van der Waals surface area contributed by atoms with E-state index in [4.69, 9.17) is 21.4 Å². The van der Waals surface area contributed by atoms with Crippen molar-refractivity contribution in [1.82, 2.24) is 0 Å². The molecule has 0 spiro atoms. The summed E-state index contributed by atoms with van der Waals surface area (Å²) in [7, 11) is -2.66. The fraction of sp³-hybridized carbons (Fsp3) is 0.462. The Morgan fingerprint density at radius 1 is 1.38 bits per heavy atom. The Morgan fingerprint density at radius 3 is 2.38 bits per heavy atom. The van der Waals surface area contributed by atoms with Gasteiger partial charge >= 0.3 is 5.97 Å². The van der Waals surface area contributed by atoms with Crippen LogP contribution in [-0.2, 0) is 9.84 Å². The van der Waals surface area contributed by atoms with E-state index in [-0.39, 0.29) is 33.4 Å². The van der Waals surface area contributed by atoms with Crippen molar-refractivity contribution in [3.05, 3.63) is 22.7 Å². The molecule has 8 heteroatoms. The lowest BCUT2D eigenvalue weighted by Gasteiger charge is -2.18. The van der Waals surface area contributed by atoms with Crippen molar-refractivity contribution in [2.45, 2.75) is 30.8 Å². The lowest BCUT2D eigenvalue weighted by Crippen LogP contribution is -2.23. The van der Waals surface area contributed by atoms with E-state index in [1.165, 1.54) is 21.0 Å². The molecule has 1 rings (SSSR count). The van der Waals surface area contributed by atoms with Gasteiger partial charge in [-0.15, -0.1) is 0 Å². The van der Waals surface area contributed by atoms with Crippen molar-refractivity contribution >= 4 is 27.4 Å². The molecule has 0 heterocycles. The monoisotopic (exact) mass is 336 g/mol. The van der Waals surface area contributed by atoms with Gasteiger partial charge in [-0.3, -0.25) is 0 Å². The van der Waals surface area contributed by atoms with Crippen molar-refractivity contribution in [2.75, 3.05) is 12.9 Å². The van der Waals surface area contributed by atoms with Crippen LogP contribution in [-0.4, -0.2) is 43.1 Å². The van der Waals surface area contributed by atoms with Gasteiger partial charge in [-0.1, -0.05) is 11.6 Å². The van der Waals surface area contributed by atoms with E-state index in [1.54, 1.807) is 0 Å². The van der Waals surface area contributed by atoms with E-state index in [0.29, 0.717) is 0 Å². The second-order valence-corrected chi connectivity index (χ2v) is 7.69. The predicted molar refractivity (Wildman–Crippen MR) is 77.9 cm³/mol. The summed E-state index contributed by atoms with van der Waals surface area (Å²) in [5.74, 6) is -1.96. The summed E-state index contributed by atoms with van der Waals surface area (Å²) >= 11 is 5.79. The largest absolute Gasteiger partial charge is 0.494 e. The van der Waals surface area contributed by atoms with Crippen molar-refractivity contribution in [2.24, 2.45) is 0 Å². The van der Waals surface area contributed by atoms with Gasteiger partial charge in [0.25, 0.3) is 0 Å². The predicted octanol–water partition coefficient (Wildman–Crippen LogP) is 1.98. The van der Waals surface area contributed by atoms with Gasteiger partial charge in [0.2, 0.25) is 0 Å². The second-order valence-electron chi connectivity index (χ2n) is 5.17. The fourth-order valence-corrected chi connectivity index (χ4v) is 3.72. The summed E-state index contributed by atoms with van der Waals surface area (Å²) in [6, 6.07) is 2.27. The highest BCUT2D eigenvalue weighted by Crippen LogP contribution is 2.33. The van der Waals surface area contributed by atoms with Crippen LogP contribution >= 0.6 is 11.6 Å². The normalized spacial score (nSPS) is 12.2. The number of benzene rings is 1. The number of carboxylic acids is 1. The first-order valence-electron chi connectivity index (χ1n) is 6.04. The molecular formula is C13H17ClO6S. The quantitative estimate of drug-likeness (QED) is 0.823.